The van der Waals surface area contributed by atoms with E-state index in [9.17, 15) is 19.4 Å². The number of nitrogens with zero attached hydrogens (tertiary/aromatic N) is 1. The average molecular weight is 1170 g/mol. The van der Waals surface area contributed by atoms with Crippen LogP contribution in [0, 0.1) is 0 Å². The van der Waals surface area contributed by atoms with Gasteiger partial charge in [-0.05, 0) is 57.8 Å². The van der Waals surface area contributed by atoms with E-state index in [4.69, 9.17) is 9.05 Å². The Morgan fingerprint density at radius 1 is 0.415 bits per heavy atom. The molecule has 0 rings (SSSR count). The highest BCUT2D eigenvalue weighted by Crippen LogP contribution is 2.43. The van der Waals surface area contributed by atoms with Crippen LogP contribution in [-0.4, -0.2) is 73.4 Å². The fourth-order valence-electron chi connectivity index (χ4n) is 10.9. The molecule has 3 unspecified atom stereocenters. The largest absolute Gasteiger partial charge is 0.472 e. The van der Waals surface area contributed by atoms with Crippen LogP contribution in [0.15, 0.2) is 48.6 Å². The van der Waals surface area contributed by atoms with Crippen molar-refractivity contribution in [3.63, 3.8) is 0 Å². The first-order valence-electron chi connectivity index (χ1n) is 36.0. The Balaban J connectivity index is 3.94. The third-order valence-electron chi connectivity index (χ3n) is 16.5. The lowest BCUT2D eigenvalue weighted by Gasteiger charge is -2.25. The monoisotopic (exact) mass is 1170 g/mol. The number of phosphoric ester groups is 1. The van der Waals surface area contributed by atoms with Gasteiger partial charge in [0, 0.05) is 6.42 Å². The fourth-order valence-corrected chi connectivity index (χ4v) is 11.7. The molecule has 0 bridgehead atoms. The van der Waals surface area contributed by atoms with E-state index in [1.807, 2.05) is 27.2 Å². The van der Waals surface area contributed by atoms with E-state index in [-0.39, 0.29) is 19.1 Å². The number of likely N-dealkylation sites (N-methyl/N-ethyl adjacent to an activating group) is 1. The van der Waals surface area contributed by atoms with Crippen LogP contribution in [0.4, 0.5) is 0 Å². The summed E-state index contributed by atoms with van der Waals surface area (Å²) in [5, 5.41) is 14.0. The van der Waals surface area contributed by atoms with Crippen molar-refractivity contribution in [1.29, 1.82) is 0 Å². The zero-order valence-electron chi connectivity index (χ0n) is 55.5. The standard InChI is InChI=1S/C73H141N2O6P/c1-6-8-10-12-14-16-18-20-22-24-26-28-29-30-31-32-33-34-35-36-37-38-39-40-41-42-43-44-45-47-49-51-53-55-57-59-61-63-65-67-73(77)74-71(70-81-82(78,79)80-69-68-75(3,4)5)72(76)66-64-62-60-58-56-54-52-50-48-46-27-25-23-21-19-17-15-13-11-9-7-2/h18,20,24,26,29-30,64,66,71-72,76H,6-17,19,21-23,25,27-28,31-63,65,67-70H2,1-5H3,(H-,74,77,78,79)/p+1/b20-18-,26-24-,30-29-,66-64+. The van der Waals surface area contributed by atoms with E-state index >= 15 is 0 Å². The molecule has 484 valence electrons. The molecule has 82 heavy (non-hydrogen) atoms. The van der Waals surface area contributed by atoms with Crippen molar-refractivity contribution >= 4 is 13.7 Å². The van der Waals surface area contributed by atoms with Crippen LogP contribution in [0.5, 0.6) is 0 Å². The summed E-state index contributed by atoms with van der Waals surface area (Å²) in [5.41, 5.74) is 0. The van der Waals surface area contributed by atoms with Crippen molar-refractivity contribution in [1.82, 2.24) is 5.32 Å². The number of rotatable bonds is 67. The topological polar surface area (TPSA) is 105 Å². The number of aliphatic hydroxyl groups excluding tert-OH is 1. The zero-order chi connectivity index (χ0) is 59.8. The highest BCUT2D eigenvalue weighted by molar-refractivity contribution is 7.47. The van der Waals surface area contributed by atoms with Gasteiger partial charge >= 0.3 is 7.82 Å². The lowest BCUT2D eigenvalue weighted by Crippen LogP contribution is -2.45. The summed E-state index contributed by atoms with van der Waals surface area (Å²) in [6.45, 7) is 4.86. The van der Waals surface area contributed by atoms with Gasteiger partial charge in [0.15, 0.2) is 0 Å². The van der Waals surface area contributed by atoms with Crippen molar-refractivity contribution in [2.75, 3.05) is 40.9 Å². The molecule has 0 radical (unpaired) electrons. The van der Waals surface area contributed by atoms with Gasteiger partial charge in [0.05, 0.1) is 39.9 Å². The molecule has 0 saturated carbocycles. The maximum Gasteiger partial charge on any atom is 0.472 e. The summed E-state index contributed by atoms with van der Waals surface area (Å²) in [7, 11) is 1.59. The van der Waals surface area contributed by atoms with Gasteiger partial charge in [-0.1, -0.05) is 345 Å². The van der Waals surface area contributed by atoms with Gasteiger partial charge in [0.2, 0.25) is 5.91 Å². The third kappa shape index (κ3) is 66.0. The first-order valence-corrected chi connectivity index (χ1v) is 37.5. The minimum Gasteiger partial charge on any atom is -0.387 e. The summed E-state index contributed by atoms with van der Waals surface area (Å²) in [5.74, 6) is -0.170. The lowest BCUT2D eigenvalue weighted by atomic mass is 10.0. The summed E-state index contributed by atoms with van der Waals surface area (Å²) >= 11 is 0. The average Bonchev–Trinajstić information content (AvgIpc) is 3.46. The van der Waals surface area contributed by atoms with E-state index < -0.39 is 20.0 Å². The van der Waals surface area contributed by atoms with E-state index in [0.29, 0.717) is 17.4 Å². The number of allylic oxidation sites excluding steroid dienone is 7. The number of phosphoric acid groups is 1. The third-order valence-corrected chi connectivity index (χ3v) is 17.5. The van der Waals surface area contributed by atoms with Gasteiger partial charge in [-0.2, -0.15) is 0 Å². The second-order valence-electron chi connectivity index (χ2n) is 26.0. The Bertz CT molecular complexity index is 1480. The molecule has 9 heteroatoms. The molecule has 0 aliphatic heterocycles. The number of carbonyl (C=O) groups is 1. The first-order chi connectivity index (χ1) is 40.0. The van der Waals surface area contributed by atoms with Crippen LogP contribution in [0.25, 0.3) is 0 Å². The number of unbranched alkanes of at least 4 members (excludes halogenated alkanes) is 48. The molecule has 0 spiro atoms. The molecular formula is C73H142N2O6P+. The van der Waals surface area contributed by atoms with Gasteiger partial charge in [0.25, 0.3) is 0 Å². The van der Waals surface area contributed by atoms with Gasteiger partial charge < -0.3 is 19.8 Å². The molecule has 0 aromatic carbocycles. The number of amides is 1. The molecule has 8 nitrogen and oxygen atoms in total. The van der Waals surface area contributed by atoms with Crippen LogP contribution in [0.1, 0.15) is 361 Å². The smallest absolute Gasteiger partial charge is 0.387 e. The highest BCUT2D eigenvalue weighted by Gasteiger charge is 2.28. The highest BCUT2D eigenvalue weighted by atomic mass is 31.2. The molecule has 0 saturated heterocycles. The van der Waals surface area contributed by atoms with Gasteiger partial charge in [-0.25, -0.2) is 4.57 Å². The molecule has 0 aliphatic rings. The van der Waals surface area contributed by atoms with Crippen molar-refractivity contribution in [2.24, 2.45) is 0 Å². The number of hydrogen-bond acceptors (Lipinski definition) is 5. The van der Waals surface area contributed by atoms with Crippen molar-refractivity contribution in [3.05, 3.63) is 48.6 Å². The summed E-state index contributed by atoms with van der Waals surface area (Å²) in [4.78, 5) is 23.4. The summed E-state index contributed by atoms with van der Waals surface area (Å²) in [6.07, 6.45) is 87.0. The number of carbonyl (C=O) groups excluding carboxylic acids is 1. The van der Waals surface area contributed by atoms with Crippen molar-refractivity contribution < 1.29 is 32.9 Å². The van der Waals surface area contributed by atoms with E-state index in [0.717, 1.165) is 44.9 Å². The molecular weight excluding hydrogens is 1030 g/mol. The quantitative estimate of drug-likeness (QED) is 0.0243. The molecule has 0 aromatic heterocycles. The minimum absolute atomic E-state index is 0.0634. The lowest BCUT2D eigenvalue weighted by molar-refractivity contribution is -0.870. The van der Waals surface area contributed by atoms with Crippen molar-refractivity contribution in [2.45, 2.75) is 373 Å². The maximum atomic E-state index is 13.1. The fraction of sp³-hybridized carbons (Fsp3) is 0.877. The van der Waals surface area contributed by atoms with Crippen LogP contribution in [-0.2, 0) is 18.4 Å². The predicted octanol–water partition coefficient (Wildman–Crippen LogP) is 23.0. The molecule has 3 N–H and O–H groups in total. The Morgan fingerprint density at radius 3 is 1.01 bits per heavy atom. The molecule has 0 aromatic rings. The predicted molar refractivity (Wildman–Crippen MR) is 360 cm³/mol. The summed E-state index contributed by atoms with van der Waals surface area (Å²) < 4.78 is 23.8. The van der Waals surface area contributed by atoms with Crippen LogP contribution in [0.2, 0.25) is 0 Å². The Hall–Kier alpha value is -1.54. The van der Waals surface area contributed by atoms with Crippen LogP contribution < -0.4 is 5.32 Å². The number of quaternary nitrogens is 1. The number of hydrogen-bond donors (Lipinski definition) is 3. The minimum atomic E-state index is -4.35. The molecule has 0 heterocycles. The molecule has 0 fully saturated rings. The van der Waals surface area contributed by atoms with Crippen LogP contribution >= 0.6 is 7.82 Å². The van der Waals surface area contributed by atoms with Gasteiger partial charge in [0.1, 0.15) is 13.2 Å². The van der Waals surface area contributed by atoms with Crippen molar-refractivity contribution in [3.8, 4) is 0 Å². The Morgan fingerprint density at radius 2 is 0.695 bits per heavy atom. The number of aliphatic hydroxyl groups is 1. The first kappa shape index (κ1) is 80.5. The van der Waals surface area contributed by atoms with E-state index in [1.54, 1.807) is 6.08 Å². The maximum absolute atomic E-state index is 13.1. The van der Waals surface area contributed by atoms with E-state index in [1.165, 1.54) is 295 Å². The molecule has 0 aliphatic carbocycles. The summed E-state index contributed by atoms with van der Waals surface area (Å²) in [6, 6.07) is -0.846. The Kier molecular flexibility index (Phi) is 62.7. The van der Waals surface area contributed by atoms with Gasteiger partial charge in [-0.3, -0.25) is 13.8 Å². The number of nitrogens with one attached hydrogen (secondary N) is 1. The molecule has 1 amide bonds. The van der Waals surface area contributed by atoms with Crippen LogP contribution in [0.3, 0.4) is 0 Å². The second kappa shape index (κ2) is 63.9. The molecule has 3 atom stereocenters. The van der Waals surface area contributed by atoms with E-state index in [2.05, 4.69) is 55.6 Å². The zero-order valence-corrected chi connectivity index (χ0v) is 56.4. The Labute approximate surface area is 511 Å². The second-order valence-corrected chi connectivity index (χ2v) is 27.4. The van der Waals surface area contributed by atoms with Gasteiger partial charge in [-0.15, -0.1) is 0 Å². The SMILES string of the molecule is CCCCCCC/C=C\C/C=C\C/C=C\CCCCCCCCCCCCCCCCCCCCCCCCCCC(=O)NC(COP(=O)(O)OCC[N+](C)(C)C)C(O)/C=C/CCCCCCCCCCCCCCCCCCCCC. The normalized spacial score (nSPS) is 13.9.